The third-order valence-corrected chi connectivity index (χ3v) is 3.43. The molecule has 1 aromatic heterocycles. The second-order valence-electron chi connectivity index (χ2n) is 4.60. The molecule has 0 radical (unpaired) electrons. The highest BCUT2D eigenvalue weighted by Gasteiger charge is 2.34. The molecule has 2 heterocycles. The normalized spacial score (nSPS) is 18.4. The summed E-state index contributed by atoms with van der Waals surface area (Å²) in [7, 11) is 0. The van der Waals surface area contributed by atoms with Gasteiger partial charge in [-0.2, -0.15) is 0 Å². The zero-order valence-corrected chi connectivity index (χ0v) is 12.4. The molecule has 2 N–H and O–H groups in total. The lowest BCUT2D eigenvalue weighted by molar-refractivity contribution is -0.138. The molecule has 2 rings (SSSR count). The van der Waals surface area contributed by atoms with Crippen molar-refractivity contribution >= 4 is 35.1 Å². The maximum absolute atomic E-state index is 12.5. The lowest BCUT2D eigenvalue weighted by atomic mass is 10.1. The van der Waals surface area contributed by atoms with Crippen molar-refractivity contribution in [2.75, 3.05) is 18.4 Å². The number of amides is 3. The topological polar surface area (TPSA) is 91.4 Å². The van der Waals surface area contributed by atoms with E-state index in [4.69, 9.17) is 11.6 Å². The third kappa shape index (κ3) is 3.13. The monoisotopic (exact) mass is 310 g/mol. The summed E-state index contributed by atoms with van der Waals surface area (Å²) >= 11 is 6.01. The summed E-state index contributed by atoms with van der Waals surface area (Å²) in [5.41, 5.74) is 0.206. The number of pyridine rings is 1. The number of hydrogen-bond acceptors (Lipinski definition) is 5. The first kappa shape index (κ1) is 15.2. The number of nitrogens with one attached hydrogen (secondary N) is 2. The fourth-order valence-corrected chi connectivity index (χ4v) is 2.18. The Balaban J connectivity index is 2.32. The lowest BCUT2D eigenvalue weighted by Crippen LogP contribution is -2.58. The minimum atomic E-state index is -0.734. The SMILES string of the molecule is CCNc1cc(C(=O)N2CC(=O)NC(=O)C2C)c(Cl)cn1. The van der Waals surface area contributed by atoms with Crippen molar-refractivity contribution < 1.29 is 14.4 Å². The van der Waals surface area contributed by atoms with Crippen LogP contribution in [0.2, 0.25) is 5.02 Å². The number of rotatable bonds is 3. The van der Waals surface area contributed by atoms with E-state index in [2.05, 4.69) is 15.6 Å². The van der Waals surface area contributed by atoms with Crippen LogP contribution in [-0.2, 0) is 9.59 Å². The first-order valence-electron chi connectivity index (χ1n) is 6.48. The van der Waals surface area contributed by atoms with Crippen molar-refractivity contribution in [2.45, 2.75) is 19.9 Å². The standard InChI is InChI=1S/C13H15ClN4O3/c1-3-15-10-4-8(9(14)5-16-10)13(21)18-6-11(19)17-12(20)7(18)2/h4-5,7H,3,6H2,1-2H3,(H,15,16)(H,17,19,20). The van der Waals surface area contributed by atoms with Crippen LogP contribution >= 0.6 is 11.6 Å². The van der Waals surface area contributed by atoms with E-state index in [1.807, 2.05) is 6.92 Å². The molecular formula is C13H15ClN4O3. The molecule has 3 amide bonds. The summed E-state index contributed by atoms with van der Waals surface area (Å²) in [5.74, 6) is -0.983. The van der Waals surface area contributed by atoms with Crippen molar-refractivity contribution in [1.82, 2.24) is 15.2 Å². The lowest BCUT2D eigenvalue weighted by Gasteiger charge is -2.31. The molecule has 0 spiro atoms. The van der Waals surface area contributed by atoms with E-state index in [1.165, 1.54) is 17.2 Å². The van der Waals surface area contributed by atoms with Gasteiger partial charge in [-0.15, -0.1) is 0 Å². The van der Waals surface area contributed by atoms with E-state index in [9.17, 15) is 14.4 Å². The molecule has 21 heavy (non-hydrogen) atoms. The molecule has 7 nitrogen and oxygen atoms in total. The maximum atomic E-state index is 12.5. The molecule has 1 unspecified atom stereocenters. The Hall–Kier alpha value is -2.15. The number of aromatic nitrogens is 1. The molecule has 8 heteroatoms. The Morgan fingerprint density at radius 2 is 2.29 bits per heavy atom. The highest BCUT2D eigenvalue weighted by Crippen LogP contribution is 2.21. The predicted octanol–water partition coefficient (Wildman–Crippen LogP) is 0.654. The van der Waals surface area contributed by atoms with E-state index in [1.54, 1.807) is 6.92 Å². The van der Waals surface area contributed by atoms with Gasteiger partial charge in [0.1, 0.15) is 18.4 Å². The smallest absolute Gasteiger partial charge is 0.256 e. The van der Waals surface area contributed by atoms with Crippen molar-refractivity contribution in [3.63, 3.8) is 0 Å². The van der Waals surface area contributed by atoms with Gasteiger partial charge in [-0.05, 0) is 19.9 Å². The van der Waals surface area contributed by atoms with E-state index >= 15 is 0 Å². The Bertz CT molecular complexity index is 605. The van der Waals surface area contributed by atoms with Gasteiger partial charge in [-0.3, -0.25) is 19.7 Å². The summed E-state index contributed by atoms with van der Waals surface area (Å²) in [4.78, 5) is 40.8. The van der Waals surface area contributed by atoms with Gasteiger partial charge >= 0.3 is 0 Å². The summed E-state index contributed by atoms with van der Waals surface area (Å²) < 4.78 is 0. The molecule has 1 aliphatic heterocycles. The fourth-order valence-electron chi connectivity index (χ4n) is 2.00. The number of piperazine rings is 1. The third-order valence-electron chi connectivity index (χ3n) is 3.13. The molecule has 1 saturated heterocycles. The van der Waals surface area contributed by atoms with Crippen molar-refractivity contribution in [3.05, 3.63) is 22.8 Å². The van der Waals surface area contributed by atoms with E-state index < -0.39 is 23.8 Å². The highest BCUT2D eigenvalue weighted by molar-refractivity contribution is 6.34. The number of carbonyl (C=O) groups is 3. The molecule has 112 valence electrons. The van der Waals surface area contributed by atoms with Crippen LogP contribution in [-0.4, -0.2) is 46.7 Å². The summed E-state index contributed by atoms with van der Waals surface area (Å²) in [6.07, 6.45) is 1.36. The van der Waals surface area contributed by atoms with Crippen LogP contribution in [0.25, 0.3) is 0 Å². The quantitative estimate of drug-likeness (QED) is 0.800. The zero-order valence-electron chi connectivity index (χ0n) is 11.6. The highest BCUT2D eigenvalue weighted by atomic mass is 35.5. The number of anilines is 1. The van der Waals surface area contributed by atoms with Crippen LogP contribution in [0.15, 0.2) is 12.3 Å². The van der Waals surface area contributed by atoms with Crippen LogP contribution in [0.5, 0.6) is 0 Å². The molecule has 1 fully saturated rings. The van der Waals surface area contributed by atoms with Gasteiger partial charge in [0.2, 0.25) is 11.8 Å². The van der Waals surface area contributed by atoms with E-state index in [0.29, 0.717) is 12.4 Å². The maximum Gasteiger partial charge on any atom is 0.256 e. The van der Waals surface area contributed by atoms with Gasteiger partial charge in [0, 0.05) is 12.7 Å². The first-order chi connectivity index (χ1) is 9.93. The Morgan fingerprint density at radius 3 is 2.95 bits per heavy atom. The molecule has 0 aliphatic carbocycles. The molecule has 0 bridgehead atoms. The van der Waals surface area contributed by atoms with Crippen molar-refractivity contribution in [2.24, 2.45) is 0 Å². The molecule has 0 saturated carbocycles. The van der Waals surface area contributed by atoms with E-state index in [-0.39, 0.29) is 17.1 Å². The minimum absolute atomic E-state index is 0.173. The van der Waals surface area contributed by atoms with Crippen molar-refractivity contribution in [3.8, 4) is 0 Å². The molecule has 1 aliphatic rings. The van der Waals surface area contributed by atoms with Crippen molar-refractivity contribution in [1.29, 1.82) is 0 Å². The van der Waals surface area contributed by atoms with Crippen LogP contribution in [0.4, 0.5) is 5.82 Å². The number of halogens is 1. The number of nitrogens with zero attached hydrogens (tertiary/aromatic N) is 2. The zero-order chi connectivity index (χ0) is 15.6. The Kier molecular flexibility index (Phi) is 4.42. The minimum Gasteiger partial charge on any atom is -0.370 e. The number of hydrogen-bond donors (Lipinski definition) is 2. The molecule has 1 atom stereocenters. The summed E-state index contributed by atoms with van der Waals surface area (Å²) in [5, 5.41) is 5.33. The van der Waals surface area contributed by atoms with Gasteiger partial charge < -0.3 is 10.2 Å². The number of imide groups is 1. The first-order valence-corrected chi connectivity index (χ1v) is 6.86. The number of carbonyl (C=O) groups excluding carboxylic acids is 3. The van der Waals surface area contributed by atoms with Crippen LogP contribution in [0.3, 0.4) is 0 Å². The van der Waals surface area contributed by atoms with Crippen LogP contribution in [0.1, 0.15) is 24.2 Å². The Morgan fingerprint density at radius 1 is 1.57 bits per heavy atom. The van der Waals surface area contributed by atoms with Gasteiger partial charge in [0.05, 0.1) is 10.6 Å². The second kappa shape index (κ2) is 6.09. The van der Waals surface area contributed by atoms with Gasteiger partial charge in [0.25, 0.3) is 5.91 Å². The average Bonchev–Trinajstić information content (AvgIpc) is 2.44. The molecular weight excluding hydrogens is 296 g/mol. The van der Waals surface area contributed by atoms with E-state index in [0.717, 1.165) is 0 Å². The largest absolute Gasteiger partial charge is 0.370 e. The van der Waals surface area contributed by atoms with Crippen LogP contribution in [0, 0.1) is 0 Å². The second-order valence-corrected chi connectivity index (χ2v) is 5.01. The summed E-state index contributed by atoms with van der Waals surface area (Å²) in [6.45, 7) is 3.91. The Labute approximate surface area is 126 Å². The van der Waals surface area contributed by atoms with Gasteiger partial charge in [-0.1, -0.05) is 11.6 Å². The fraction of sp³-hybridized carbons (Fsp3) is 0.385. The van der Waals surface area contributed by atoms with Crippen LogP contribution < -0.4 is 10.6 Å². The van der Waals surface area contributed by atoms with Gasteiger partial charge in [-0.25, -0.2) is 4.98 Å². The molecule has 1 aromatic rings. The summed E-state index contributed by atoms with van der Waals surface area (Å²) in [6, 6.07) is 0.778. The molecule has 0 aromatic carbocycles. The van der Waals surface area contributed by atoms with Gasteiger partial charge in [0.15, 0.2) is 0 Å². The predicted molar refractivity (Wildman–Crippen MR) is 77.1 cm³/mol. The average molecular weight is 311 g/mol.